The van der Waals surface area contributed by atoms with E-state index in [1.165, 1.54) is 9.87 Å². The second-order valence-corrected chi connectivity index (χ2v) is 8.26. The number of para-hydroxylation sites is 1. The Labute approximate surface area is 144 Å². The molecule has 1 atom stereocenters. The van der Waals surface area contributed by atoms with Crippen LogP contribution in [-0.2, 0) is 16.4 Å². The molecule has 1 heterocycles. The minimum absolute atomic E-state index is 0.142. The molecule has 0 aromatic heterocycles. The number of hydrogen-bond acceptors (Lipinski definition) is 3. The van der Waals surface area contributed by atoms with Crippen LogP contribution in [0.25, 0.3) is 0 Å². The molecule has 0 radical (unpaired) electrons. The summed E-state index contributed by atoms with van der Waals surface area (Å²) in [7, 11) is -1.61. The molecule has 0 saturated carbocycles. The minimum Gasteiger partial charge on any atom is -0.493 e. The third-order valence-electron chi connectivity index (χ3n) is 4.52. The van der Waals surface area contributed by atoms with E-state index < -0.39 is 10.0 Å². The summed E-state index contributed by atoms with van der Waals surface area (Å²) in [6.07, 6.45) is 2.09. The Morgan fingerprint density at radius 3 is 2.58 bits per heavy atom. The van der Waals surface area contributed by atoms with Crippen molar-refractivity contribution in [2.24, 2.45) is 0 Å². The molecule has 0 bridgehead atoms. The molecule has 0 N–H and O–H groups in total. The highest BCUT2D eigenvalue weighted by Gasteiger charge is 2.31. The van der Waals surface area contributed by atoms with E-state index in [0.29, 0.717) is 19.4 Å². The first-order chi connectivity index (χ1) is 11.6. The molecule has 0 fully saturated rings. The molecule has 5 heteroatoms. The molecule has 1 aliphatic rings. The molecule has 0 aliphatic carbocycles. The Bertz CT molecular complexity index is 774. The zero-order valence-corrected chi connectivity index (χ0v) is 14.7. The van der Waals surface area contributed by atoms with E-state index in [-0.39, 0.29) is 11.8 Å². The van der Waals surface area contributed by atoms with Crippen molar-refractivity contribution in [1.82, 2.24) is 4.31 Å². The third kappa shape index (κ3) is 3.79. The Hall–Kier alpha value is -1.85. The summed E-state index contributed by atoms with van der Waals surface area (Å²) in [6, 6.07) is 17.5. The van der Waals surface area contributed by atoms with Gasteiger partial charge in [-0.15, -0.1) is 0 Å². The maximum absolute atomic E-state index is 12.7. The van der Waals surface area contributed by atoms with Crippen molar-refractivity contribution in [3.8, 4) is 5.75 Å². The van der Waals surface area contributed by atoms with Crippen molar-refractivity contribution >= 4 is 10.0 Å². The number of nitrogens with zero attached hydrogens (tertiary/aromatic N) is 1. The van der Waals surface area contributed by atoms with Crippen LogP contribution in [0.5, 0.6) is 5.75 Å². The molecule has 128 valence electrons. The topological polar surface area (TPSA) is 46.6 Å². The number of ether oxygens (including phenoxy) is 1. The summed E-state index contributed by atoms with van der Waals surface area (Å²) in [5.41, 5.74) is 2.13. The predicted molar refractivity (Wildman–Crippen MR) is 95.6 cm³/mol. The second kappa shape index (κ2) is 7.36. The van der Waals surface area contributed by atoms with E-state index in [2.05, 4.69) is 0 Å². The van der Waals surface area contributed by atoms with Gasteiger partial charge in [0.15, 0.2) is 0 Å². The van der Waals surface area contributed by atoms with Gasteiger partial charge in [0.2, 0.25) is 10.0 Å². The number of hydrogen-bond donors (Lipinski definition) is 0. The van der Waals surface area contributed by atoms with E-state index in [1.54, 1.807) is 7.05 Å². The van der Waals surface area contributed by atoms with Crippen molar-refractivity contribution in [3.63, 3.8) is 0 Å². The van der Waals surface area contributed by atoms with Crippen LogP contribution in [0.2, 0.25) is 0 Å². The maximum Gasteiger partial charge on any atom is 0.214 e. The van der Waals surface area contributed by atoms with Crippen molar-refractivity contribution in [3.05, 3.63) is 65.7 Å². The molecule has 2 aromatic rings. The van der Waals surface area contributed by atoms with Gasteiger partial charge in [-0.2, -0.15) is 4.31 Å². The fourth-order valence-corrected chi connectivity index (χ4v) is 4.55. The highest BCUT2D eigenvalue weighted by atomic mass is 32.2. The Kier molecular flexibility index (Phi) is 5.21. The van der Waals surface area contributed by atoms with Crippen LogP contribution in [0.4, 0.5) is 0 Å². The van der Waals surface area contributed by atoms with Crippen LogP contribution in [0, 0.1) is 0 Å². The molecule has 2 aromatic carbocycles. The van der Waals surface area contributed by atoms with Crippen LogP contribution < -0.4 is 4.74 Å². The van der Waals surface area contributed by atoms with Gasteiger partial charge in [-0.3, -0.25) is 0 Å². The first kappa shape index (κ1) is 17.0. The number of rotatable bonds is 6. The highest BCUT2D eigenvalue weighted by molar-refractivity contribution is 7.89. The van der Waals surface area contributed by atoms with Crippen LogP contribution in [0.1, 0.15) is 30.0 Å². The summed E-state index contributed by atoms with van der Waals surface area (Å²) >= 11 is 0. The number of benzene rings is 2. The van der Waals surface area contributed by atoms with Gasteiger partial charge in [0.1, 0.15) is 5.75 Å². The summed E-state index contributed by atoms with van der Waals surface area (Å²) < 4.78 is 32.6. The molecular weight excluding hydrogens is 322 g/mol. The van der Waals surface area contributed by atoms with Gasteiger partial charge in [-0.05, 0) is 24.5 Å². The summed E-state index contributed by atoms with van der Waals surface area (Å²) in [6.45, 7) is 0.547. The Balaban J connectivity index is 1.66. The van der Waals surface area contributed by atoms with Crippen LogP contribution in [-0.4, -0.2) is 32.1 Å². The van der Waals surface area contributed by atoms with E-state index in [1.807, 2.05) is 54.6 Å². The van der Waals surface area contributed by atoms with Gasteiger partial charge in [-0.1, -0.05) is 48.5 Å². The third-order valence-corrected chi connectivity index (χ3v) is 6.45. The number of fused-ring (bicyclic) bond motifs is 1. The van der Waals surface area contributed by atoms with Crippen molar-refractivity contribution in [2.45, 2.75) is 25.3 Å². The van der Waals surface area contributed by atoms with Gasteiger partial charge in [0.25, 0.3) is 0 Å². The molecule has 0 spiro atoms. The molecule has 3 rings (SSSR count). The lowest BCUT2D eigenvalue weighted by Crippen LogP contribution is -2.35. The van der Waals surface area contributed by atoms with E-state index in [4.69, 9.17) is 4.74 Å². The first-order valence-electron chi connectivity index (χ1n) is 8.29. The van der Waals surface area contributed by atoms with Gasteiger partial charge in [-0.25, -0.2) is 8.42 Å². The number of aryl methyl sites for hydroxylation is 1. The van der Waals surface area contributed by atoms with Gasteiger partial charge >= 0.3 is 0 Å². The highest BCUT2D eigenvalue weighted by Crippen LogP contribution is 2.36. The van der Waals surface area contributed by atoms with Crippen molar-refractivity contribution < 1.29 is 13.2 Å². The lowest BCUT2D eigenvalue weighted by molar-refractivity contribution is 0.221. The van der Waals surface area contributed by atoms with Gasteiger partial charge < -0.3 is 4.74 Å². The lowest BCUT2D eigenvalue weighted by Gasteiger charge is -2.32. The Morgan fingerprint density at radius 2 is 1.79 bits per heavy atom. The normalized spacial score (nSPS) is 17.3. The van der Waals surface area contributed by atoms with Crippen molar-refractivity contribution in [1.29, 1.82) is 0 Å². The number of sulfonamides is 1. The summed E-state index contributed by atoms with van der Waals surface area (Å²) in [4.78, 5) is 0. The van der Waals surface area contributed by atoms with E-state index >= 15 is 0 Å². The summed E-state index contributed by atoms with van der Waals surface area (Å²) in [5.74, 6) is 0.956. The first-order valence-corrected chi connectivity index (χ1v) is 9.90. The molecule has 1 aliphatic heterocycles. The van der Waals surface area contributed by atoms with Gasteiger partial charge in [0, 0.05) is 19.0 Å². The van der Waals surface area contributed by atoms with E-state index in [0.717, 1.165) is 17.7 Å². The monoisotopic (exact) mass is 345 g/mol. The zero-order chi connectivity index (χ0) is 17.0. The molecule has 0 saturated heterocycles. The lowest BCUT2D eigenvalue weighted by atomic mass is 10.0. The second-order valence-electron chi connectivity index (χ2n) is 6.11. The standard InChI is InChI=1S/C19H23NO3S/c1-20(18-13-14-23-19-12-6-5-11-17(18)19)24(21,22)15-7-10-16-8-3-2-4-9-16/h2-6,8-9,11-12,18H,7,10,13-15H2,1H3. The molecular formula is C19H23NO3S. The van der Waals surface area contributed by atoms with E-state index in [9.17, 15) is 8.42 Å². The van der Waals surface area contributed by atoms with Gasteiger partial charge in [0.05, 0.1) is 18.4 Å². The van der Waals surface area contributed by atoms with Crippen molar-refractivity contribution in [2.75, 3.05) is 19.4 Å². The fourth-order valence-electron chi connectivity index (χ4n) is 3.14. The smallest absolute Gasteiger partial charge is 0.214 e. The molecule has 24 heavy (non-hydrogen) atoms. The quantitative estimate of drug-likeness (QED) is 0.806. The van der Waals surface area contributed by atoms with Crippen LogP contribution in [0.15, 0.2) is 54.6 Å². The maximum atomic E-state index is 12.7. The molecule has 1 unspecified atom stereocenters. The Morgan fingerprint density at radius 1 is 1.08 bits per heavy atom. The average Bonchev–Trinajstić information content (AvgIpc) is 2.61. The van der Waals surface area contributed by atoms with Crippen LogP contribution in [0.3, 0.4) is 0 Å². The fraction of sp³-hybridized carbons (Fsp3) is 0.368. The minimum atomic E-state index is -3.29. The van der Waals surface area contributed by atoms with Crippen LogP contribution >= 0.6 is 0 Å². The molecule has 4 nitrogen and oxygen atoms in total. The largest absolute Gasteiger partial charge is 0.493 e. The average molecular weight is 345 g/mol. The predicted octanol–water partition coefficient (Wildman–Crippen LogP) is 3.40. The molecule has 0 amide bonds. The summed E-state index contributed by atoms with van der Waals surface area (Å²) in [5, 5.41) is 0. The zero-order valence-electron chi connectivity index (χ0n) is 13.9. The SMILES string of the molecule is CN(C1CCOc2ccccc21)S(=O)(=O)CCCc1ccccc1.